The molecule has 2 amide bonds. The number of nitrogens with one attached hydrogen (secondary N) is 2. The third-order valence-electron chi connectivity index (χ3n) is 4.96. The molecule has 0 bridgehead atoms. The first kappa shape index (κ1) is 25.8. The molecule has 0 unspecified atom stereocenters. The molecule has 0 saturated heterocycles. The molecule has 8 nitrogen and oxygen atoms in total. The van der Waals surface area contributed by atoms with Gasteiger partial charge in [-0.3, -0.25) is 14.9 Å². The number of benzene rings is 3. The largest absolute Gasteiger partial charge is 0.508 e. The third-order valence-corrected chi connectivity index (χ3v) is 5.63. The number of hydrogen-bond donors (Lipinski definition) is 4. The Morgan fingerprint density at radius 1 is 1.06 bits per heavy atom. The summed E-state index contributed by atoms with van der Waals surface area (Å²) < 4.78 is 6.43. The van der Waals surface area contributed by atoms with Crippen molar-refractivity contribution in [2.45, 2.75) is 19.4 Å². The van der Waals surface area contributed by atoms with Crippen molar-refractivity contribution < 1.29 is 24.2 Å². The second kappa shape index (κ2) is 12.0. The van der Waals surface area contributed by atoms with Gasteiger partial charge in [0, 0.05) is 26.8 Å². The van der Waals surface area contributed by atoms with Crippen LogP contribution in [0.5, 0.6) is 5.75 Å². The van der Waals surface area contributed by atoms with Crippen molar-refractivity contribution in [3.63, 3.8) is 0 Å². The Bertz CT molecular complexity index is 1260. The quantitative estimate of drug-likeness (QED) is 0.117. The fourth-order valence-corrected chi connectivity index (χ4v) is 3.69. The zero-order valence-electron chi connectivity index (χ0n) is 18.8. The summed E-state index contributed by atoms with van der Waals surface area (Å²) >= 11 is 2.09. The van der Waals surface area contributed by atoms with Gasteiger partial charge in [0.25, 0.3) is 0 Å². The van der Waals surface area contributed by atoms with Gasteiger partial charge in [-0.25, -0.2) is 4.79 Å². The first-order valence-electron chi connectivity index (χ1n) is 10.6. The van der Waals surface area contributed by atoms with Crippen molar-refractivity contribution >= 4 is 57.4 Å². The number of ketones is 1. The van der Waals surface area contributed by atoms with E-state index < -0.39 is 18.1 Å². The summed E-state index contributed by atoms with van der Waals surface area (Å²) in [6.45, 7) is 1.46. The van der Waals surface area contributed by atoms with Gasteiger partial charge in [0.1, 0.15) is 11.9 Å². The van der Waals surface area contributed by atoms with Crippen LogP contribution in [0.25, 0.3) is 0 Å². The summed E-state index contributed by atoms with van der Waals surface area (Å²) in [6.07, 6.45) is 1.37. The lowest BCUT2D eigenvalue weighted by molar-refractivity contribution is -0.111. The Morgan fingerprint density at radius 3 is 2.46 bits per heavy atom. The normalized spacial score (nSPS) is 11.6. The number of rotatable bonds is 8. The minimum absolute atomic E-state index is 0.0380. The van der Waals surface area contributed by atoms with Gasteiger partial charge < -0.3 is 20.9 Å². The van der Waals surface area contributed by atoms with Crippen LogP contribution in [0.1, 0.15) is 35.4 Å². The Kier molecular flexibility index (Phi) is 8.85. The van der Waals surface area contributed by atoms with Crippen molar-refractivity contribution in [2.24, 2.45) is 0 Å². The lowest BCUT2D eigenvalue weighted by atomic mass is 10.0. The maximum Gasteiger partial charge on any atom is 0.412 e. The van der Waals surface area contributed by atoms with E-state index >= 15 is 0 Å². The van der Waals surface area contributed by atoms with Gasteiger partial charge in [0.05, 0.1) is 11.4 Å². The first-order valence-corrected chi connectivity index (χ1v) is 11.7. The summed E-state index contributed by atoms with van der Waals surface area (Å²) in [7, 11) is 0. The number of carbonyl (C=O) groups is 3. The number of halogens is 1. The minimum Gasteiger partial charge on any atom is -0.508 e. The van der Waals surface area contributed by atoms with Crippen molar-refractivity contribution in [3.8, 4) is 5.75 Å². The summed E-state index contributed by atoms with van der Waals surface area (Å²) in [4.78, 5) is 36.3. The van der Waals surface area contributed by atoms with Gasteiger partial charge in [-0.2, -0.15) is 0 Å². The highest BCUT2D eigenvalue weighted by atomic mass is 127. The molecule has 0 aliphatic rings. The second-order valence-corrected chi connectivity index (χ2v) is 8.82. The molecule has 0 heterocycles. The van der Waals surface area contributed by atoms with Crippen molar-refractivity contribution in [1.29, 1.82) is 0 Å². The van der Waals surface area contributed by atoms with Gasteiger partial charge in [0.15, 0.2) is 5.78 Å². The molecule has 0 saturated carbocycles. The van der Waals surface area contributed by atoms with Crippen LogP contribution in [0, 0.1) is 3.57 Å². The van der Waals surface area contributed by atoms with E-state index in [0.29, 0.717) is 28.2 Å². The smallest absolute Gasteiger partial charge is 0.412 e. The molecule has 35 heavy (non-hydrogen) atoms. The summed E-state index contributed by atoms with van der Waals surface area (Å²) in [6, 6.07) is 18.2. The maximum absolute atomic E-state index is 12.6. The zero-order chi connectivity index (χ0) is 25.4. The molecular weight excluding hydrogens is 561 g/mol. The predicted octanol–water partition coefficient (Wildman–Crippen LogP) is 5.66. The first-order chi connectivity index (χ1) is 16.7. The van der Waals surface area contributed by atoms with Crippen LogP contribution in [0.15, 0.2) is 78.9 Å². The Morgan fingerprint density at radius 2 is 1.77 bits per heavy atom. The summed E-state index contributed by atoms with van der Waals surface area (Å²) in [5.41, 5.74) is 8.13. The lowest BCUT2D eigenvalue weighted by Gasteiger charge is -2.19. The van der Waals surface area contributed by atoms with Gasteiger partial charge >= 0.3 is 6.09 Å². The molecule has 180 valence electrons. The Balaban J connectivity index is 1.71. The molecule has 0 aliphatic heterocycles. The number of amides is 2. The van der Waals surface area contributed by atoms with Gasteiger partial charge in [-0.05, 0) is 90.2 Å². The number of Topliss-reactive ketones (excluding diaryl/α,β-unsaturated/α-hetero) is 1. The number of carbonyl (C=O) groups excluding carboxylic acids is 3. The average Bonchev–Trinajstić information content (AvgIpc) is 2.82. The number of nitrogen functional groups attached to an aromatic ring is 1. The number of aromatic hydroxyl groups is 1. The van der Waals surface area contributed by atoms with E-state index in [1.165, 1.54) is 19.1 Å². The fraction of sp³-hybridized carbons (Fsp3) is 0.115. The molecule has 0 aliphatic carbocycles. The van der Waals surface area contributed by atoms with Crippen LogP contribution in [0.3, 0.4) is 0 Å². The van der Waals surface area contributed by atoms with Gasteiger partial charge in [-0.1, -0.05) is 18.2 Å². The number of hydrogen-bond acceptors (Lipinski definition) is 6. The highest BCUT2D eigenvalue weighted by Crippen LogP contribution is 2.31. The van der Waals surface area contributed by atoms with E-state index in [9.17, 15) is 19.5 Å². The van der Waals surface area contributed by atoms with E-state index in [-0.39, 0.29) is 18.0 Å². The van der Waals surface area contributed by atoms with Crippen LogP contribution >= 0.6 is 22.6 Å². The number of para-hydroxylation sites is 2. The van der Waals surface area contributed by atoms with E-state index in [1.807, 2.05) is 0 Å². The van der Waals surface area contributed by atoms with Crippen LogP contribution in [-0.4, -0.2) is 22.9 Å². The van der Waals surface area contributed by atoms with Crippen LogP contribution in [0.2, 0.25) is 0 Å². The molecule has 5 N–H and O–H groups in total. The van der Waals surface area contributed by atoms with Crippen molar-refractivity contribution in [2.75, 3.05) is 16.4 Å². The molecule has 9 heteroatoms. The van der Waals surface area contributed by atoms with E-state index in [4.69, 9.17) is 10.5 Å². The van der Waals surface area contributed by atoms with Gasteiger partial charge in [0.2, 0.25) is 5.91 Å². The standard InChI is InChI=1S/C26H24IN3O5/c1-16(31)17-9-12-19(13-10-17)29-26(34)35-24(20-15-18(27)11-14-23(20)32)7-4-8-25(33)30-22-6-3-2-5-21(22)28/h2-6,8-15,24,32H,7,28H2,1H3,(H,29,34)(H,30,33)/b8-4+/t24-/m0/s1. The predicted molar refractivity (Wildman–Crippen MR) is 143 cm³/mol. The number of anilines is 3. The zero-order valence-corrected chi connectivity index (χ0v) is 21.0. The molecule has 3 aromatic carbocycles. The molecule has 3 aromatic rings. The number of ether oxygens (including phenoxy) is 1. The molecule has 0 spiro atoms. The van der Waals surface area contributed by atoms with Crippen LogP contribution in [0.4, 0.5) is 21.9 Å². The number of phenolic OH excluding ortho intramolecular Hbond substituents is 1. The van der Waals surface area contributed by atoms with E-state index in [0.717, 1.165) is 3.57 Å². The highest BCUT2D eigenvalue weighted by molar-refractivity contribution is 14.1. The molecule has 0 radical (unpaired) electrons. The monoisotopic (exact) mass is 585 g/mol. The maximum atomic E-state index is 12.6. The number of nitrogens with two attached hydrogens (primary N) is 1. The minimum atomic E-state index is -0.868. The van der Waals surface area contributed by atoms with Crippen molar-refractivity contribution in [3.05, 3.63) is 93.6 Å². The topological polar surface area (TPSA) is 131 Å². The SMILES string of the molecule is CC(=O)c1ccc(NC(=O)O[C@@H](C/C=C/C(=O)Nc2ccccc2N)c2cc(I)ccc2O)cc1. The van der Waals surface area contributed by atoms with Gasteiger partial charge in [-0.15, -0.1) is 0 Å². The van der Waals surface area contributed by atoms with Crippen molar-refractivity contribution in [1.82, 2.24) is 0 Å². The fourth-order valence-electron chi connectivity index (χ4n) is 3.17. The molecule has 3 rings (SSSR count). The van der Waals surface area contributed by atoms with E-state index in [1.54, 1.807) is 66.7 Å². The molecule has 0 aromatic heterocycles. The highest BCUT2D eigenvalue weighted by Gasteiger charge is 2.20. The molecular formula is C26H24IN3O5. The van der Waals surface area contributed by atoms with E-state index in [2.05, 4.69) is 33.2 Å². The summed E-state index contributed by atoms with van der Waals surface area (Å²) in [5, 5.41) is 15.7. The lowest BCUT2D eigenvalue weighted by Crippen LogP contribution is -2.18. The third kappa shape index (κ3) is 7.57. The Labute approximate surface area is 216 Å². The molecule has 1 atom stereocenters. The number of phenols is 1. The van der Waals surface area contributed by atoms with Crippen LogP contribution in [-0.2, 0) is 9.53 Å². The Hall–Kier alpha value is -3.86. The average molecular weight is 585 g/mol. The molecule has 0 fully saturated rings. The summed E-state index contributed by atoms with van der Waals surface area (Å²) in [5.74, 6) is -0.522. The van der Waals surface area contributed by atoms with Crippen LogP contribution < -0.4 is 16.4 Å². The second-order valence-electron chi connectivity index (χ2n) is 7.57.